The van der Waals surface area contributed by atoms with E-state index in [1.807, 2.05) is 28.8 Å². The Labute approximate surface area is 142 Å². The zero-order chi connectivity index (χ0) is 15.5. The van der Waals surface area contributed by atoms with E-state index in [1.54, 1.807) is 24.1 Å². The number of halogens is 2. The number of hydrogen-bond donors (Lipinski definition) is 0. The van der Waals surface area contributed by atoms with Crippen LogP contribution >= 0.6 is 35.0 Å². The van der Waals surface area contributed by atoms with E-state index < -0.39 is 0 Å². The maximum atomic E-state index is 6.20. The lowest BCUT2D eigenvalue weighted by atomic mass is 10.2. The Balaban J connectivity index is 1.81. The smallest absolute Gasteiger partial charge is 0.200 e. The first kappa shape index (κ1) is 15.5. The molecule has 7 heteroatoms. The van der Waals surface area contributed by atoms with Crippen molar-refractivity contribution in [3.05, 3.63) is 52.2 Å². The van der Waals surface area contributed by atoms with E-state index in [0.717, 1.165) is 23.1 Å². The summed E-state index contributed by atoms with van der Waals surface area (Å²) in [5.74, 6) is 2.15. The van der Waals surface area contributed by atoms with Crippen LogP contribution in [0.5, 0.6) is 0 Å². The summed E-state index contributed by atoms with van der Waals surface area (Å²) in [7, 11) is 0. The fourth-order valence-electron chi connectivity index (χ4n) is 2.05. The highest BCUT2D eigenvalue weighted by Crippen LogP contribution is 2.30. The molecule has 0 unspecified atom stereocenters. The van der Waals surface area contributed by atoms with Gasteiger partial charge in [0.2, 0.25) is 0 Å². The number of benzene rings is 1. The molecule has 0 aliphatic carbocycles. The molecular weight excluding hydrogens is 341 g/mol. The molecule has 114 valence electrons. The molecule has 0 amide bonds. The Bertz CT molecular complexity index is 771. The van der Waals surface area contributed by atoms with E-state index in [0.29, 0.717) is 21.6 Å². The molecule has 0 aliphatic rings. The fourth-order valence-corrected chi connectivity index (χ4v) is 3.61. The average Bonchev–Trinajstić information content (AvgIpc) is 3.15. The zero-order valence-electron chi connectivity index (χ0n) is 11.8. The topological polar surface area (TPSA) is 43.9 Å². The molecule has 3 rings (SSSR count). The average molecular weight is 354 g/mol. The minimum absolute atomic E-state index is 0.635. The standard InChI is InChI=1S/C15H13Cl2N3OS/c1-2-20-14(13-4-3-7-21-13)18-19-15(20)22-9-10-5-6-11(16)8-12(10)17/h3-8H,2,9H2,1H3. The summed E-state index contributed by atoms with van der Waals surface area (Å²) in [5, 5.41) is 10.6. The first-order chi connectivity index (χ1) is 10.7. The Morgan fingerprint density at radius 3 is 2.77 bits per heavy atom. The minimum atomic E-state index is 0.635. The van der Waals surface area contributed by atoms with Gasteiger partial charge in [-0.05, 0) is 36.8 Å². The van der Waals surface area contributed by atoms with Crippen LogP contribution in [0, 0.1) is 0 Å². The van der Waals surface area contributed by atoms with Gasteiger partial charge in [0, 0.05) is 22.3 Å². The van der Waals surface area contributed by atoms with Crippen molar-refractivity contribution in [2.24, 2.45) is 0 Å². The molecule has 2 heterocycles. The number of hydrogen-bond acceptors (Lipinski definition) is 4. The Kier molecular flexibility index (Phi) is 4.76. The highest BCUT2D eigenvalue weighted by atomic mass is 35.5. The van der Waals surface area contributed by atoms with Crippen LogP contribution in [0.3, 0.4) is 0 Å². The third-order valence-electron chi connectivity index (χ3n) is 3.15. The van der Waals surface area contributed by atoms with Gasteiger partial charge < -0.3 is 4.42 Å². The van der Waals surface area contributed by atoms with E-state index >= 15 is 0 Å². The first-order valence-electron chi connectivity index (χ1n) is 6.73. The summed E-state index contributed by atoms with van der Waals surface area (Å²) >= 11 is 13.7. The molecule has 0 atom stereocenters. The quantitative estimate of drug-likeness (QED) is 0.594. The Hall–Kier alpha value is -1.43. The van der Waals surface area contributed by atoms with Crippen LogP contribution in [-0.2, 0) is 12.3 Å². The van der Waals surface area contributed by atoms with Gasteiger partial charge >= 0.3 is 0 Å². The molecule has 2 aromatic heterocycles. The molecule has 0 aliphatic heterocycles. The van der Waals surface area contributed by atoms with Gasteiger partial charge in [0.25, 0.3) is 0 Å². The summed E-state index contributed by atoms with van der Waals surface area (Å²) in [5.41, 5.74) is 1.02. The number of nitrogens with zero attached hydrogens (tertiary/aromatic N) is 3. The molecule has 0 saturated heterocycles. The van der Waals surface area contributed by atoms with Crippen molar-refractivity contribution < 1.29 is 4.42 Å². The van der Waals surface area contributed by atoms with Crippen molar-refractivity contribution in [3.63, 3.8) is 0 Å². The van der Waals surface area contributed by atoms with Crippen LogP contribution in [0.25, 0.3) is 11.6 Å². The van der Waals surface area contributed by atoms with Crippen LogP contribution in [0.1, 0.15) is 12.5 Å². The number of rotatable bonds is 5. The van der Waals surface area contributed by atoms with Crippen LogP contribution in [0.2, 0.25) is 10.0 Å². The van der Waals surface area contributed by atoms with Crippen LogP contribution in [0.4, 0.5) is 0 Å². The number of aromatic nitrogens is 3. The van der Waals surface area contributed by atoms with Gasteiger partial charge in [-0.15, -0.1) is 10.2 Å². The summed E-state index contributed by atoms with van der Waals surface area (Å²) in [6.45, 7) is 2.81. The van der Waals surface area contributed by atoms with Crippen LogP contribution < -0.4 is 0 Å². The summed E-state index contributed by atoms with van der Waals surface area (Å²) in [6, 6.07) is 9.22. The maximum absolute atomic E-state index is 6.20. The van der Waals surface area contributed by atoms with E-state index in [4.69, 9.17) is 27.6 Å². The molecule has 0 fully saturated rings. The number of furan rings is 1. The SMILES string of the molecule is CCn1c(SCc2ccc(Cl)cc2Cl)nnc1-c1ccco1. The third-order valence-corrected chi connectivity index (χ3v) is 4.75. The summed E-state index contributed by atoms with van der Waals surface area (Å²) in [6.07, 6.45) is 1.63. The van der Waals surface area contributed by atoms with Crippen molar-refractivity contribution in [1.29, 1.82) is 0 Å². The molecule has 0 saturated carbocycles. The monoisotopic (exact) mass is 353 g/mol. The Morgan fingerprint density at radius 1 is 1.23 bits per heavy atom. The van der Waals surface area contributed by atoms with Gasteiger partial charge in [0.15, 0.2) is 16.7 Å². The third kappa shape index (κ3) is 3.16. The minimum Gasteiger partial charge on any atom is -0.461 e. The highest BCUT2D eigenvalue weighted by molar-refractivity contribution is 7.98. The predicted octanol–water partition coefficient (Wildman–Crippen LogP) is 5.16. The summed E-state index contributed by atoms with van der Waals surface area (Å²) < 4.78 is 7.42. The lowest BCUT2D eigenvalue weighted by Crippen LogP contribution is -1.99. The molecule has 0 N–H and O–H groups in total. The lowest BCUT2D eigenvalue weighted by molar-refractivity contribution is 0.567. The molecule has 0 spiro atoms. The highest BCUT2D eigenvalue weighted by Gasteiger charge is 2.15. The van der Waals surface area contributed by atoms with Gasteiger partial charge in [0.05, 0.1) is 6.26 Å². The second-order valence-corrected chi connectivity index (χ2v) is 6.34. The summed E-state index contributed by atoms with van der Waals surface area (Å²) in [4.78, 5) is 0. The largest absolute Gasteiger partial charge is 0.461 e. The molecule has 1 aromatic carbocycles. The van der Waals surface area contributed by atoms with Gasteiger partial charge in [-0.1, -0.05) is 41.0 Å². The van der Waals surface area contributed by atoms with Gasteiger partial charge in [-0.25, -0.2) is 0 Å². The normalized spacial score (nSPS) is 11.0. The maximum Gasteiger partial charge on any atom is 0.200 e. The molecule has 0 radical (unpaired) electrons. The van der Waals surface area contributed by atoms with Gasteiger partial charge in [0.1, 0.15) is 0 Å². The van der Waals surface area contributed by atoms with Crippen molar-refractivity contribution in [2.75, 3.05) is 0 Å². The van der Waals surface area contributed by atoms with Crippen LogP contribution in [-0.4, -0.2) is 14.8 Å². The zero-order valence-corrected chi connectivity index (χ0v) is 14.1. The van der Waals surface area contributed by atoms with Crippen molar-refractivity contribution >= 4 is 35.0 Å². The first-order valence-corrected chi connectivity index (χ1v) is 8.47. The van der Waals surface area contributed by atoms with Crippen molar-refractivity contribution in [2.45, 2.75) is 24.4 Å². The molecule has 22 heavy (non-hydrogen) atoms. The second kappa shape index (κ2) is 6.77. The number of thioether (sulfide) groups is 1. The molecule has 4 nitrogen and oxygen atoms in total. The van der Waals surface area contributed by atoms with Crippen LogP contribution in [0.15, 0.2) is 46.2 Å². The molecular formula is C15H13Cl2N3OS. The molecule has 0 bridgehead atoms. The van der Waals surface area contributed by atoms with E-state index in [2.05, 4.69) is 17.1 Å². The van der Waals surface area contributed by atoms with E-state index in [1.165, 1.54) is 0 Å². The fraction of sp³-hybridized carbons (Fsp3) is 0.200. The molecule has 3 aromatic rings. The predicted molar refractivity (Wildman–Crippen MR) is 89.4 cm³/mol. The van der Waals surface area contributed by atoms with Gasteiger partial charge in [-0.2, -0.15) is 0 Å². The second-order valence-electron chi connectivity index (χ2n) is 4.55. The van der Waals surface area contributed by atoms with Crippen molar-refractivity contribution in [3.8, 4) is 11.6 Å². The van der Waals surface area contributed by atoms with E-state index in [-0.39, 0.29) is 0 Å². The van der Waals surface area contributed by atoms with Crippen molar-refractivity contribution in [1.82, 2.24) is 14.8 Å². The van der Waals surface area contributed by atoms with E-state index in [9.17, 15) is 0 Å². The van der Waals surface area contributed by atoms with Gasteiger partial charge in [-0.3, -0.25) is 4.57 Å². The Morgan fingerprint density at radius 2 is 2.09 bits per heavy atom. The lowest BCUT2D eigenvalue weighted by Gasteiger charge is -2.07.